The molecule has 0 bridgehead atoms. The molecule has 0 radical (unpaired) electrons. The van der Waals surface area contributed by atoms with Gasteiger partial charge in [-0.1, -0.05) is 25.1 Å². The molecule has 1 heterocycles. The Hall–Kier alpha value is -2.04. The molecule has 0 saturated carbocycles. The summed E-state index contributed by atoms with van der Waals surface area (Å²) in [6.07, 6.45) is 0. The fourth-order valence-corrected chi connectivity index (χ4v) is 1.32. The van der Waals surface area contributed by atoms with Gasteiger partial charge in [0, 0.05) is 5.92 Å². The molecule has 2 N–H and O–H groups in total. The summed E-state index contributed by atoms with van der Waals surface area (Å²) in [5.74, 6) is 0.625. The molecule has 0 aliphatic rings. The fourth-order valence-electron chi connectivity index (χ4n) is 1.32. The van der Waals surface area contributed by atoms with Crippen molar-refractivity contribution < 1.29 is 14.7 Å². The average molecular weight is 220 g/mol. The first-order valence-corrected chi connectivity index (χ1v) is 4.94. The summed E-state index contributed by atoms with van der Waals surface area (Å²) in [7, 11) is 0. The molecule has 5 nitrogen and oxygen atoms in total. The Morgan fingerprint density at radius 3 is 2.31 bits per heavy atom. The van der Waals surface area contributed by atoms with Crippen molar-refractivity contribution in [2.24, 2.45) is 0 Å². The van der Waals surface area contributed by atoms with Gasteiger partial charge in [-0.15, -0.1) is 0 Å². The molecule has 0 aliphatic heterocycles. The number of benzene rings is 1. The molecular weight excluding hydrogens is 208 g/mol. The summed E-state index contributed by atoms with van der Waals surface area (Å²) in [5.41, 5.74) is 0.168. The van der Waals surface area contributed by atoms with Crippen molar-refractivity contribution in [1.29, 1.82) is 0 Å². The summed E-state index contributed by atoms with van der Waals surface area (Å²) in [5, 5.41) is 23.0. The summed E-state index contributed by atoms with van der Waals surface area (Å²) in [6.45, 7) is 3.86. The summed E-state index contributed by atoms with van der Waals surface area (Å²) in [6, 6.07) is 4.44. The van der Waals surface area contributed by atoms with Gasteiger partial charge in [0.15, 0.2) is 5.82 Å². The molecule has 0 fully saturated rings. The van der Waals surface area contributed by atoms with Crippen molar-refractivity contribution in [3.8, 4) is 23.0 Å². The largest absolute Gasteiger partial charge is 0.507 e. The Kier molecular flexibility index (Phi) is 2.52. The van der Waals surface area contributed by atoms with Gasteiger partial charge in [-0.25, -0.2) is 0 Å². The van der Waals surface area contributed by atoms with E-state index in [4.69, 9.17) is 4.52 Å². The van der Waals surface area contributed by atoms with Crippen molar-refractivity contribution in [2.75, 3.05) is 0 Å². The van der Waals surface area contributed by atoms with E-state index in [-0.39, 0.29) is 28.9 Å². The predicted octanol–water partition coefficient (Wildman–Crippen LogP) is 2.27. The minimum atomic E-state index is -0.0843. The second kappa shape index (κ2) is 3.84. The summed E-state index contributed by atoms with van der Waals surface area (Å²) in [4.78, 5) is 4.10. The second-order valence-corrected chi connectivity index (χ2v) is 3.78. The van der Waals surface area contributed by atoms with Crippen LogP contribution >= 0.6 is 0 Å². The first-order chi connectivity index (χ1) is 7.59. The number of phenols is 2. The minimum Gasteiger partial charge on any atom is -0.507 e. The van der Waals surface area contributed by atoms with Gasteiger partial charge in [-0.2, -0.15) is 4.98 Å². The van der Waals surface area contributed by atoms with Crippen molar-refractivity contribution in [3.05, 3.63) is 24.0 Å². The Morgan fingerprint density at radius 2 is 1.81 bits per heavy atom. The molecule has 0 unspecified atom stereocenters. The van der Waals surface area contributed by atoms with E-state index in [2.05, 4.69) is 10.1 Å². The van der Waals surface area contributed by atoms with Crippen LogP contribution in [-0.4, -0.2) is 20.4 Å². The highest BCUT2D eigenvalue weighted by atomic mass is 16.5. The molecule has 16 heavy (non-hydrogen) atoms. The van der Waals surface area contributed by atoms with E-state index < -0.39 is 0 Å². The number of nitrogens with zero attached hydrogens (tertiary/aromatic N) is 2. The Morgan fingerprint density at radius 1 is 1.19 bits per heavy atom. The third-order valence-electron chi connectivity index (χ3n) is 2.19. The van der Waals surface area contributed by atoms with E-state index in [1.807, 2.05) is 13.8 Å². The van der Waals surface area contributed by atoms with Crippen LogP contribution in [0.5, 0.6) is 11.5 Å². The number of phenolic OH excluding ortho intramolecular Hbond substituents is 2. The van der Waals surface area contributed by atoms with Crippen LogP contribution in [-0.2, 0) is 0 Å². The van der Waals surface area contributed by atoms with E-state index in [9.17, 15) is 10.2 Å². The number of hydrogen-bond donors (Lipinski definition) is 2. The van der Waals surface area contributed by atoms with Crippen LogP contribution in [0.1, 0.15) is 25.6 Å². The molecule has 2 aromatic rings. The van der Waals surface area contributed by atoms with Crippen molar-refractivity contribution in [1.82, 2.24) is 10.1 Å². The highest BCUT2D eigenvalue weighted by Crippen LogP contribution is 2.35. The number of aromatic nitrogens is 2. The first-order valence-electron chi connectivity index (χ1n) is 4.94. The summed E-state index contributed by atoms with van der Waals surface area (Å²) < 4.78 is 4.99. The van der Waals surface area contributed by atoms with Gasteiger partial charge >= 0.3 is 0 Å². The van der Waals surface area contributed by atoms with Crippen molar-refractivity contribution >= 4 is 0 Å². The van der Waals surface area contributed by atoms with Gasteiger partial charge < -0.3 is 14.7 Å². The van der Waals surface area contributed by atoms with Crippen LogP contribution in [0.2, 0.25) is 0 Å². The molecule has 0 atom stereocenters. The zero-order valence-corrected chi connectivity index (χ0v) is 9.01. The lowest BCUT2D eigenvalue weighted by molar-refractivity contribution is 0.407. The molecule has 2 rings (SSSR count). The highest BCUT2D eigenvalue weighted by Gasteiger charge is 2.17. The quantitative estimate of drug-likeness (QED) is 0.811. The molecular formula is C11H12N2O3. The topological polar surface area (TPSA) is 79.4 Å². The predicted molar refractivity (Wildman–Crippen MR) is 57.2 cm³/mol. The maximum Gasteiger partial charge on any atom is 0.265 e. The second-order valence-electron chi connectivity index (χ2n) is 3.78. The molecule has 0 aliphatic carbocycles. The number of hydrogen-bond acceptors (Lipinski definition) is 5. The van der Waals surface area contributed by atoms with E-state index in [0.29, 0.717) is 5.82 Å². The smallest absolute Gasteiger partial charge is 0.265 e. The zero-order valence-electron chi connectivity index (χ0n) is 9.01. The fraction of sp³-hybridized carbons (Fsp3) is 0.273. The van der Waals surface area contributed by atoms with Crippen molar-refractivity contribution in [3.63, 3.8) is 0 Å². The average Bonchev–Trinajstić information content (AvgIpc) is 2.66. The van der Waals surface area contributed by atoms with Gasteiger partial charge in [-0.3, -0.25) is 0 Å². The van der Waals surface area contributed by atoms with Crippen LogP contribution in [0.4, 0.5) is 0 Å². The maximum absolute atomic E-state index is 9.60. The molecule has 0 amide bonds. The third kappa shape index (κ3) is 1.71. The number of aromatic hydroxyl groups is 2. The monoisotopic (exact) mass is 220 g/mol. The van der Waals surface area contributed by atoms with Crippen LogP contribution in [0.3, 0.4) is 0 Å². The first kappa shape index (κ1) is 10.5. The van der Waals surface area contributed by atoms with Crippen molar-refractivity contribution in [2.45, 2.75) is 19.8 Å². The number of rotatable bonds is 2. The van der Waals surface area contributed by atoms with Crippen LogP contribution in [0.25, 0.3) is 11.5 Å². The van der Waals surface area contributed by atoms with E-state index >= 15 is 0 Å². The SMILES string of the molecule is CC(C)c1noc(-c2c(O)cccc2O)n1. The highest BCUT2D eigenvalue weighted by molar-refractivity contribution is 5.69. The summed E-state index contributed by atoms with van der Waals surface area (Å²) >= 11 is 0. The lowest BCUT2D eigenvalue weighted by Crippen LogP contribution is -1.89. The lowest BCUT2D eigenvalue weighted by Gasteiger charge is -2.01. The van der Waals surface area contributed by atoms with Gasteiger partial charge in [0.25, 0.3) is 5.89 Å². The Balaban J connectivity index is 2.50. The van der Waals surface area contributed by atoms with E-state index in [1.165, 1.54) is 18.2 Å². The Labute approximate surface area is 92.4 Å². The van der Waals surface area contributed by atoms with Crippen LogP contribution < -0.4 is 0 Å². The standard InChI is InChI=1S/C11H12N2O3/c1-6(2)10-12-11(16-13-10)9-7(14)4-3-5-8(9)15/h3-6,14-15H,1-2H3. The Bertz CT molecular complexity index is 485. The van der Waals surface area contributed by atoms with E-state index in [0.717, 1.165) is 0 Å². The molecule has 0 spiro atoms. The van der Waals surface area contributed by atoms with Gasteiger partial charge in [0.1, 0.15) is 17.1 Å². The zero-order chi connectivity index (χ0) is 11.7. The molecule has 1 aromatic heterocycles. The normalized spacial score (nSPS) is 10.9. The molecule has 84 valence electrons. The van der Waals surface area contributed by atoms with Gasteiger partial charge in [0.05, 0.1) is 0 Å². The van der Waals surface area contributed by atoms with Gasteiger partial charge in [0.2, 0.25) is 0 Å². The molecule has 0 saturated heterocycles. The van der Waals surface area contributed by atoms with E-state index in [1.54, 1.807) is 0 Å². The maximum atomic E-state index is 9.60. The molecule has 1 aromatic carbocycles. The molecule has 5 heteroatoms. The van der Waals surface area contributed by atoms with Crippen LogP contribution in [0, 0.1) is 0 Å². The third-order valence-corrected chi connectivity index (χ3v) is 2.19. The van der Waals surface area contributed by atoms with Crippen LogP contribution in [0.15, 0.2) is 22.7 Å². The minimum absolute atomic E-state index is 0.0843. The lowest BCUT2D eigenvalue weighted by atomic mass is 10.1. The van der Waals surface area contributed by atoms with Gasteiger partial charge in [-0.05, 0) is 12.1 Å².